The summed E-state index contributed by atoms with van der Waals surface area (Å²) in [6, 6.07) is 35.5. The first-order valence-corrected chi connectivity index (χ1v) is 11.8. The van der Waals surface area contributed by atoms with Gasteiger partial charge in [-0.1, -0.05) is 85.8 Å². The molecule has 0 radical (unpaired) electrons. The molecule has 0 saturated carbocycles. The van der Waals surface area contributed by atoms with E-state index in [-0.39, 0.29) is 0 Å². The van der Waals surface area contributed by atoms with Gasteiger partial charge in [0.05, 0.1) is 20.8 Å². The van der Waals surface area contributed by atoms with Gasteiger partial charge in [0, 0.05) is 0 Å². The zero-order valence-electron chi connectivity index (χ0n) is 20.2. The van der Waals surface area contributed by atoms with Crippen LogP contribution in [-0.4, -0.2) is 20.8 Å². The maximum absolute atomic E-state index is 6.91. The molecule has 4 rings (SSSR count). The van der Waals surface area contributed by atoms with E-state index in [4.69, 9.17) is 14.2 Å². The van der Waals surface area contributed by atoms with Crippen LogP contribution in [0.15, 0.2) is 103 Å². The maximum atomic E-state index is 6.91. The Labute approximate surface area is 202 Å². The van der Waals surface area contributed by atoms with Crippen molar-refractivity contribution in [2.75, 3.05) is 20.8 Å². The van der Waals surface area contributed by atoms with Gasteiger partial charge in [0.25, 0.3) is 0 Å². The molecule has 0 aromatic heterocycles. The molecule has 0 unspecified atom stereocenters. The van der Waals surface area contributed by atoms with Gasteiger partial charge in [0.15, 0.2) is 0 Å². The normalized spacial score (nSPS) is 11.3. The van der Waals surface area contributed by atoms with Gasteiger partial charge in [-0.05, 0) is 64.9 Å². The average molecular weight is 453 g/mol. The summed E-state index contributed by atoms with van der Waals surface area (Å²) in [4.78, 5) is 0. The van der Waals surface area contributed by atoms with E-state index in [9.17, 15) is 0 Å². The molecule has 34 heavy (non-hydrogen) atoms. The van der Waals surface area contributed by atoms with Crippen LogP contribution in [0.3, 0.4) is 0 Å². The molecule has 0 aliphatic heterocycles. The fourth-order valence-electron chi connectivity index (χ4n) is 4.34. The van der Waals surface area contributed by atoms with E-state index < -0.39 is 5.60 Å². The van der Waals surface area contributed by atoms with E-state index in [0.717, 1.165) is 41.0 Å². The Morgan fingerprint density at radius 3 is 1.50 bits per heavy atom. The highest BCUT2D eigenvalue weighted by Gasteiger charge is 2.37. The summed E-state index contributed by atoms with van der Waals surface area (Å²) in [6.45, 7) is 2.74. The van der Waals surface area contributed by atoms with Gasteiger partial charge in [-0.25, -0.2) is 0 Å². The SMILES string of the molecule is CCc1ccc(CCOC(c2ccccc2)(c2ccc(OC)cc2)c2ccc(OC)cc2)cc1. The second-order valence-electron chi connectivity index (χ2n) is 8.27. The number of benzene rings is 4. The Kier molecular flexibility index (Phi) is 7.66. The second kappa shape index (κ2) is 11.0. The van der Waals surface area contributed by atoms with Crippen LogP contribution in [0.4, 0.5) is 0 Å². The summed E-state index contributed by atoms with van der Waals surface area (Å²) in [5, 5.41) is 0. The molecule has 0 aliphatic carbocycles. The maximum Gasteiger partial charge on any atom is 0.143 e. The monoisotopic (exact) mass is 452 g/mol. The molecule has 0 bridgehead atoms. The van der Waals surface area contributed by atoms with Gasteiger partial charge in [0.2, 0.25) is 0 Å². The molecule has 0 saturated heterocycles. The molecule has 4 aromatic carbocycles. The molecule has 0 fully saturated rings. The first-order valence-electron chi connectivity index (χ1n) is 11.8. The van der Waals surface area contributed by atoms with Crippen molar-refractivity contribution in [1.29, 1.82) is 0 Å². The lowest BCUT2D eigenvalue weighted by Crippen LogP contribution is -2.33. The molecule has 0 atom stereocenters. The van der Waals surface area contributed by atoms with Crippen molar-refractivity contribution >= 4 is 0 Å². The zero-order valence-corrected chi connectivity index (χ0v) is 20.2. The van der Waals surface area contributed by atoms with E-state index in [1.54, 1.807) is 14.2 Å². The van der Waals surface area contributed by atoms with Crippen LogP contribution in [0.25, 0.3) is 0 Å². The number of methoxy groups -OCH3 is 2. The summed E-state index contributed by atoms with van der Waals surface area (Å²) in [5.74, 6) is 1.63. The highest BCUT2D eigenvalue weighted by Crippen LogP contribution is 2.41. The van der Waals surface area contributed by atoms with Gasteiger partial charge in [-0.2, -0.15) is 0 Å². The van der Waals surface area contributed by atoms with Crippen LogP contribution < -0.4 is 9.47 Å². The molecule has 3 heteroatoms. The van der Waals surface area contributed by atoms with Crippen molar-refractivity contribution in [3.63, 3.8) is 0 Å². The molecule has 0 spiro atoms. The van der Waals surface area contributed by atoms with Crippen LogP contribution in [-0.2, 0) is 23.2 Å². The van der Waals surface area contributed by atoms with Crippen molar-refractivity contribution in [3.8, 4) is 11.5 Å². The van der Waals surface area contributed by atoms with Crippen molar-refractivity contribution < 1.29 is 14.2 Å². The summed E-state index contributed by atoms with van der Waals surface area (Å²) in [7, 11) is 3.37. The van der Waals surface area contributed by atoms with Crippen LogP contribution in [0.1, 0.15) is 34.7 Å². The number of rotatable bonds is 10. The van der Waals surface area contributed by atoms with Gasteiger partial charge >= 0.3 is 0 Å². The smallest absolute Gasteiger partial charge is 0.143 e. The van der Waals surface area contributed by atoms with E-state index in [1.165, 1.54) is 11.1 Å². The molecular formula is C31H32O3. The topological polar surface area (TPSA) is 27.7 Å². The lowest BCUT2D eigenvalue weighted by Gasteiger charge is -2.36. The predicted molar refractivity (Wildman–Crippen MR) is 138 cm³/mol. The highest BCUT2D eigenvalue weighted by molar-refractivity contribution is 5.49. The minimum absolute atomic E-state index is 0.568. The first kappa shape index (κ1) is 23.6. The first-order chi connectivity index (χ1) is 16.7. The lowest BCUT2D eigenvalue weighted by atomic mass is 9.80. The summed E-state index contributed by atoms with van der Waals surface area (Å²) in [5.41, 5.74) is 5.01. The third-order valence-electron chi connectivity index (χ3n) is 6.31. The van der Waals surface area contributed by atoms with Crippen LogP contribution in [0.2, 0.25) is 0 Å². The Hall–Kier alpha value is -3.56. The van der Waals surface area contributed by atoms with Crippen LogP contribution >= 0.6 is 0 Å². The van der Waals surface area contributed by atoms with Crippen molar-refractivity contribution in [3.05, 3.63) is 131 Å². The summed E-state index contributed by atoms with van der Waals surface area (Å²) < 4.78 is 17.8. The minimum Gasteiger partial charge on any atom is -0.497 e. The van der Waals surface area contributed by atoms with Crippen molar-refractivity contribution in [2.24, 2.45) is 0 Å². The third kappa shape index (κ3) is 5.00. The molecule has 3 nitrogen and oxygen atoms in total. The van der Waals surface area contributed by atoms with Gasteiger partial charge in [-0.3, -0.25) is 0 Å². The summed E-state index contributed by atoms with van der Waals surface area (Å²) in [6.07, 6.45) is 1.87. The zero-order chi connectivity index (χ0) is 23.8. The van der Waals surface area contributed by atoms with E-state index >= 15 is 0 Å². The number of hydrogen-bond donors (Lipinski definition) is 0. The Morgan fingerprint density at radius 1 is 0.559 bits per heavy atom. The predicted octanol–water partition coefficient (Wildman–Crippen LogP) is 6.82. The second-order valence-corrected chi connectivity index (χ2v) is 8.27. The number of ether oxygens (including phenoxy) is 3. The number of hydrogen-bond acceptors (Lipinski definition) is 3. The summed E-state index contributed by atoms with van der Waals surface area (Å²) >= 11 is 0. The highest BCUT2D eigenvalue weighted by atomic mass is 16.5. The van der Waals surface area contributed by atoms with E-state index in [1.807, 2.05) is 30.3 Å². The standard InChI is InChI=1S/C31H32O3/c1-4-24-10-12-25(13-11-24)22-23-34-31(26-8-6-5-7-9-26,27-14-18-29(32-2)19-15-27)28-16-20-30(33-3)21-17-28/h5-21H,4,22-23H2,1-3H3. The Bertz CT molecular complexity index is 1100. The van der Waals surface area contributed by atoms with Crippen LogP contribution in [0, 0.1) is 0 Å². The van der Waals surface area contributed by atoms with Crippen molar-refractivity contribution in [1.82, 2.24) is 0 Å². The van der Waals surface area contributed by atoms with E-state index in [2.05, 4.69) is 79.7 Å². The molecular weight excluding hydrogens is 420 g/mol. The van der Waals surface area contributed by atoms with Gasteiger partial charge < -0.3 is 14.2 Å². The molecule has 0 N–H and O–H groups in total. The van der Waals surface area contributed by atoms with Crippen molar-refractivity contribution in [2.45, 2.75) is 25.4 Å². The average Bonchev–Trinajstić information content (AvgIpc) is 2.92. The lowest BCUT2D eigenvalue weighted by molar-refractivity contribution is 0.0147. The van der Waals surface area contributed by atoms with Gasteiger partial charge in [0.1, 0.15) is 17.1 Å². The Morgan fingerprint density at radius 2 is 1.03 bits per heavy atom. The third-order valence-corrected chi connectivity index (χ3v) is 6.31. The van der Waals surface area contributed by atoms with Gasteiger partial charge in [-0.15, -0.1) is 0 Å². The fraction of sp³-hybridized carbons (Fsp3) is 0.226. The fourth-order valence-corrected chi connectivity index (χ4v) is 4.34. The molecule has 174 valence electrons. The molecule has 0 aliphatic rings. The molecule has 0 heterocycles. The molecule has 4 aromatic rings. The molecule has 0 amide bonds. The Balaban J connectivity index is 1.77. The minimum atomic E-state index is -0.775. The van der Waals surface area contributed by atoms with E-state index in [0.29, 0.717) is 6.61 Å². The quantitative estimate of drug-likeness (QED) is 0.247. The largest absolute Gasteiger partial charge is 0.497 e. The number of aryl methyl sites for hydroxylation is 1. The van der Waals surface area contributed by atoms with Crippen LogP contribution in [0.5, 0.6) is 11.5 Å².